The van der Waals surface area contributed by atoms with E-state index < -0.39 is 17.7 Å². The van der Waals surface area contributed by atoms with Crippen LogP contribution in [0.25, 0.3) is 0 Å². The first-order chi connectivity index (χ1) is 9.10. The number of rotatable bonds is 4. The number of ether oxygens (including phenoxy) is 1. The van der Waals surface area contributed by atoms with E-state index in [2.05, 4.69) is 15.9 Å². The van der Waals surface area contributed by atoms with Crippen molar-refractivity contribution in [2.24, 2.45) is 5.73 Å². The van der Waals surface area contributed by atoms with Gasteiger partial charge in [0, 0.05) is 17.1 Å². The summed E-state index contributed by atoms with van der Waals surface area (Å²) in [5.74, 6) is -1.40. The zero-order chi connectivity index (χ0) is 13.8. The van der Waals surface area contributed by atoms with Crippen molar-refractivity contribution in [1.29, 1.82) is 0 Å². The molecule has 19 heavy (non-hydrogen) atoms. The van der Waals surface area contributed by atoms with Gasteiger partial charge >= 0.3 is 0 Å². The van der Waals surface area contributed by atoms with Gasteiger partial charge in [0.15, 0.2) is 11.6 Å². The Balaban J connectivity index is 2.21. The molecule has 0 aliphatic heterocycles. The molecule has 0 aliphatic carbocycles. The molecule has 0 heterocycles. The highest BCUT2D eigenvalue weighted by Gasteiger charge is 2.14. The Hall–Kier alpha value is -1.46. The van der Waals surface area contributed by atoms with Gasteiger partial charge in [0.1, 0.15) is 11.9 Å². The third-order valence-corrected chi connectivity index (χ3v) is 3.15. The maximum Gasteiger partial charge on any atom is 0.168 e. The van der Waals surface area contributed by atoms with Crippen molar-refractivity contribution >= 4 is 15.9 Å². The van der Waals surface area contributed by atoms with Crippen molar-refractivity contribution in [3.8, 4) is 5.75 Å². The summed E-state index contributed by atoms with van der Waals surface area (Å²) >= 11 is 3.33. The molecule has 2 nitrogen and oxygen atoms in total. The summed E-state index contributed by atoms with van der Waals surface area (Å²) in [6, 6.07) is 10.6. The molecule has 5 heteroatoms. The van der Waals surface area contributed by atoms with E-state index in [0.717, 1.165) is 22.2 Å². The number of hydrogen-bond acceptors (Lipinski definition) is 2. The molecule has 2 aromatic carbocycles. The second kappa shape index (κ2) is 6.12. The van der Waals surface area contributed by atoms with Gasteiger partial charge in [-0.1, -0.05) is 28.1 Å². The van der Waals surface area contributed by atoms with Gasteiger partial charge in [-0.25, -0.2) is 8.78 Å². The highest BCUT2D eigenvalue weighted by Crippen LogP contribution is 2.25. The number of hydrogen-bond donors (Lipinski definition) is 1. The SMILES string of the molecule is NCC(Oc1ccc(F)cc1F)c1ccc(Br)cc1. The predicted molar refractivity (Wildman–Crippen MR) is 72.9 cm³/mol. The van der Waals surface area contributed by atoms with E-state index in [1.54, 1.807) is 0 Å². The van der Waals surface area contributed by atoms with Crippen LogP contribution in [0.1, 0.15) is 11.7 Å². The minimum absolute atomic E-state index is 0.0141. The quantitative estimate of drug-likeness (QED) is 0.926. The molecular weight excluding hydrogens is 316 g/mol. The first kappa shape index (κ1) is 14.0. The van der Waals surface area contributed by atoms with Gasteiger partial charge < -0.3 is 10.5 Å². The lowest BCUT2D eigenvalue weighted by molar-refractivity contribution is 0.204. The van der Waals surface area contributed by atoms with Gasteiger partial charge in [-0.15, -0.1) is 0 Å². The van der Waals surface area contributed by atoms with Crippen LogP contribution in [-0.2, 0) is 0 Å². The highest BCUT2D eigenvalue weighted by atomic mass is 79.9. The van der Waals surface area contributed by atoms with E-state index in [0.29, 0.717) is 0 Å². The normalized spacial score (nSPS) is 12.2. The third kappa shape index (κ3) is 3.52. The molecule has 0 fully saturated rings. The molecule has 0 aromatic heterocycles. The number of halogens is 3. The molecule has 0 spiro atoms. The van der Waals surface area contributed by atoms with Gasteiger partial charge in [-0.2, -0.15) is 0 Å². The van der Waals surface area contributed by atoms with Crippen LogP contribution in [0.4, 0.5) is 8.78 Å². The molecule has 2 rings (SSSR count). The summed E-state index contributed by atoms with van der Waals surface area (Å²) in [5.41, 5.74) is 6.47. The van der Waals surface area contributed by atoms with Gasteiger partial charge in [0.2, 0.25) is 0 Å². The molecule has 2 N–H and O–H groups in total. The lowest BCUT2D eigenvalue weighted by atomic mass is 10.1. The fourth-order valence-electron chi connectivity index (χ4n) is 1.65. The van der Waals surface area contributed by atoms with Crippen molar-refractivity contribution < 1.29 is 13.5 Å². The summed E-state index contributed by atoms with van der Waals surface area (Å²) < 4.78 is 32.7. The van der Waals surface area contributed by atoms with Crippen molar-refractivity contribution in [1.82, 2.24) is 0 Å². The highest BCUT2D eigenvalue weighted by molar-refractivity contribution is 9.10. The smallest absolute Gasteiger partial charge is 0.168 e. The average molecular weight is 328 g/mol. The molecule has 0 saturated carbocycles. The predicted octanol–water partition coefficient (Wildman–Crippen LogP) is 3.81. The zero-order valence-corrected chi connectivity index (χ0v) is 11.5. The van der Waals surface area contributed by atoms with Crippen LogP contribution in [0.15, 0.2) is 46.9 Å². The molecule has 0 amide bonds. The molecule has 1 atom stereocenters. The maximum atomic E-state index is 13.5. The second-order valence-electron chi connectivity index (χ2n) is 3.97. The summed E-state index contributed by atoms with van der Waals surface area (Å²) in [7, 11) is 0. The lowest BCUT2D eigenvalue weighted by Gasteiger charge is -2.18. The molecule has 0 radical (unpaired) electrons. The minimum atomic E-state index is -0.740. The van der Waals surface area contributed by atoms with Gasteiger partial charge in [0.05, 0.1) is 0 Å². The molecule has 0 saturated heterocycles. The van der Waals surface area contributed by atoms with Crippen LogP contribution in [0, 0.1) is 11.6 Å². The second-order valence-corrected chi connectivity index (χ2v) is 4.88. The Morgan fingerprint density at radius 1 is 1.11 bits per heavy atom. The fourth-order valence-corrected chi connectivity index (χ4v) is 1.92. The van der Waals surface area contributed by atoms with Crippen LogP contribution >= 0.6 is 15.9 Å². The van der Waals surface area contributed by atoms with Crippen LogP contribution in [-0.4, -0.2) is 6.54 Å². The van der Waals surface area contributed by atoms with Gasteiger partial charge in [0.25, 0.3) is 0 Å². The van der Waals surface area contributed by atoms with Crippen LogP contribution in [0.5, 0.6) is 5.75 Å². The Labute approximate surface area is 118 Å². The zero-order valence-electron chi connectivity index (χ0n) is 9.95. The van der Waals surface area contributed by atoms with Crippen molar-refractivity contribution in [3.05, 3.63) is 64.1 Å². The first-order valence-corrected chi connectivity index (χ1v) is 6.46. The average Bonchev–Trinajstić information content (AvgIpc) is 2.39. The molecule has 100 valence electrons. The topological polar surface area (TPSA) is 35.2 Å². The van der Waals surface area contributed by atoms with E-state index in [1.165, 1.54) is 6.07 Å². The van der Waals surface area contributed by atoms with Crippen molar-refractivity contribution in [3.63, 3.8) is 0 Å². The third-order valence-electron chi connectivity index (χ3n) is 2.62. The Morgan fingerprint density at radius 3 is 2.37 bits per heavy atom. The van der Waals surface area contributed by atoms with Crippen molar-refractivity contribution in [2.75, 3.05) is 6.54 Å². The van der Waals surface area contributed by atoms with E-state index in [4.69, 9.17) is 10.5 Å². The molecule has 2 aromatic rings. The van der Waals surface area contributed by atoms with Crippen LogP contribution < -0.4 is 10.5 Å². The van der Waals surface area contributed by atoms with E-state index in [1.807, 2.05) is 24.3 Å². The van der Waals surface area contributed by atoms with Crippen molar-refractivity contribution in [2.45, 2.75) is 6.10 Å². The fraction of sp³-hybridized carbons (Fsp3) is 0.143. The Bertz CT molecular complexity index is 560. The Morgan fingerprint density at radius 2 is 1.79 bits per heavy atom. The Kier molecular flexibility index (Phi) is 4.50. The molecule has 0 bridgehead atoms. The summed E-state index contributed by atoms with van der Waals surface area (Å²) in [5, 5.41) is 0. The van der Waals surface area contributed by atoms with E-state index in [9.17, 15) is 8.78 Å². The van der Waals surface area contributed by atoms with Gasteiger partial charge in [-0.05, 0) is 29.8 Å². The summed E-state index contributed by atoms with van der Waals surface area (Å²) in [6.07, 6.45) is -0.479. The standard InChI is InChI=1S/C14H12BrF2NO/c15-10-3-1-9(2-4-10)14(8-18)19-13-6-5-11(16)7-12(13)17/h1-7,14H,8,18H2. The molecule has 1 unspecified atom stereocenters. The molecular formula is C14H12BrF2NO. The lowest BCUT2D eigenvalue weighted by Crippen LogP contribution is -2.18. The number of nitrogens with two attached hydrogens (primary N) is 1. The van der Waals surface area contributed by atoms with Gasteiger partial charge in [-0.3, -0.25) is 0 Å². The first-order valence-electron chi connectivity index (χ1n) is 5.67. The summed E-state index contributed by atoms with van der Waals surface area (Å²) in [4.78, 5) is 0. The maximum absolute atomic E-state index is 13.5. The minimum Gasteiger partial charge on any atom is -0.481 e. The monoisotopic (exact) mass is 327 g/mol. The summed E-state index contributed by atoms with van der Waals surface area (Å²) in [6.45, 7) is 0.193. The van der Waals surface area contributed by atoms with Crippen LogP contribution in [0.2, 0.25) is 0 Å². The van der Waals surface area contributed by atoms with E-state index >= 15 is 0 Å². The molecule has 0 aliphatic rings. The van der Waals surface area contributed by atoms with Crippen LogP contribution in [0.3, 0.4) is 0 Å². The number of benzene rings is 2. The van der Waals surface area contributed by atoms with E-state index in [-0.39, 0.29) is 12.3 Å². The largest absolute Gasteiger partial charge is 0.481 e.